The molecular formula is C14H13ClFNO2S. The van der Waals surface area contributed by atoms with Crippen molar-refractivity contribution in [1.29, 1.82) is 0 Å². The van der Waals surface area contributed by atoms with Gasteiger partial charge in [-0.05, 0) is 42.3 Å². The number of nitrogens with two attached hydrogens (primary N) is 1. The molecule has 106 valence electrons. The molecule has 6 heteroatoms. The summed E-state index contributed by atoms with van der Waals surface area (Å²) in [6, 6.07) is 8.52. The van der Waals surface area contributed by atoms with Crippen molar-refractivity contribution >= 4 is 27.1 Å². The number of anilines is 1. The van der Waals surface area contributed by atoms with Crippen LogP contribution in [-0.4, -0.2) is 8.42 Å². The Bertz CT molecular complexity index is 740. The molecule has 0 aliphatic rings. The highest BCUT2D eigenvalue weighted by Crippen LogP contribution is 2.30. The van der Waals surface area contributed by atoms with E-state index in [1.807, 2.05) is 0 Å². The molecule has 0 saturated heterocycles. The number of aryl methyl sites for hydroxylation is 1. The molecular weight excluding hydrogens is 301 g/mol. The van der Waals surface area contributed by atoms with Crippen LogP contribution >= 0.6 is 11.6 Å². The number of halogens is 2. The summed E-state index contributed by atoms with van der Waals surface area (Å²) in [5, 5.41) is 0.0877. The zero-order valence-corrected chi connectivity index (χ0v) is 12.3. The van der Waals surface area contributed by atoms with Gasteiger partial charge in [0.05, 0.1) is 16.5 Å². The van der Waals surface area contributed by atoms with Crippen molar-refractivity contribution in [3.63, 3.8) is 0 Å². The van der Waals surface area contributed by atoms with Crippen LogP contribution < -0.4 is 5.73 Å². The Kier molecular flexibility index (Phi) is 4.01. The van der Waals surface area contributed by atoms with Crippen LogP contribution in [0.1, 0.15) is 11.1 Å². The highest BCUT2D eigenvalue weighted by molar-refractivity contribution is 7.91. The molecule has 2 N–H and O–H groups in total. The smallest absolute Gasteiger partial charge is 0.186 e. The van der Waals surface area contributed by atoms with Crippen molar-refractivity contribution in [3.8, 4) is 0 Å². The lowest BCUT2D eigenvalue weighted by Crippen LogP contribution is -2.09. The van der Waals surface area contributed by atoms with Crippen LogP contribution in [0.15, 0.2) is 41.3 Å². The summed E-state index contributed by atoms with van der Waals surface area (Å²) in [7, 11) is -3.69. The monoisotopic (exact) mass is 313 g/mol. The quantitative estimate of drug-likeness (QED) is 0.884. The first-order valence-electron chi connectivity index (χ1n) is 5.83. The predicted octanol–water partition coefficient (Wildman–Crippen LogP) is 3.34. The second-order valence-corrected chi connectivity index (χ2v) is 6.82. The summed E-state index contributed by atoms with van der Waals surface area (Å²) >= 11 is 5.93. The molecule has 0 unspecified atom stereocenters. The van der Waals surface area contributed by atoms with Crippen molar-refractivity contribution < 1.29 is 12.8 Å². The first-order chi connectivity index (χ1) is 9.31. The third kappa shape index (κ3) is 2.94. The lowest BCUT2D eigenvalue weighted by atomic mass is 10.1. The third-order valence-corrected chi connectivity index (χ3v) is 5.15. The van der Waals surface area contributed by atoms with E-state index in [2.05, 4.69) is 0 Å². The maximum Gasteiger partial charge on any atom is 0.186 e. The number of nitrogen functional groups attached to an aromatic ring is 1. The molecule has 2 aromatic carbocycles. The normalized spacial score (nSPS) is 11.6. The highest BCUT2D eigenvalue weighted by Gasteiger charge is 2.22. The second-order valence-electron chi connectivity index (χ2n) is 4.49. The number of rotatable bonds is 3. The maximum atomic E-state index is 13.0. The second kappa shape index (κ2) is 5.42. The molecule has 2 rings (SSSR count). The number of benzene rings is 2. The van der Waals surface area contributed by atoms with Crippen molar-refractivity contribution in [2.75, 3.05) is 5.73 Å². The summed E-state index contributed by atoms with van der Waals surface area (Å²) in [6.45, 7) is 1.66. The molecule has 0 spiro atoms. The van der Waals surface area contributed by atoms with Crippen LogP contribution in [0.3, 0.4) is 0 Å². The lowest BCUT2D eigenvalue weighted by molar-refractivity contribution is 0.595. The molecule has 0 bridgehead atoms. The molecule has 0 atom stereocenters. The van der Waals surface area contributed by atoms with E-state index < -0.39 is 15.7 Å². The van der Waals surface area contributed by atoms with Gasteiger partial charge in [-0.3, -0.25) is 0 Å². The number of hydrogen-bond donors (Lipinski definition) is 1. The molecule has 20 heavy (non-hydrogen) atoms. The summed E-state index contributed by atoms with van der Waals surface area (Å²) in [6.07, 6.45) is 0. The van der Waals surface area contributed by atoms with E-state index >= 15 is 0 Å². The fourth-order valence-electron chi connectivity index (χ4n) is 1.95. The summed E-state index contributed by atoms with van der Waals surface area (Å²) in [5.41, 5.74) is 6.90. The molecule has 0 fully saturated rings. The van der Waals surface area contributed by atoms with E-state index in [1.54, 1.807) is 13.0 Å². The van der Waals surface area contributed by atoms with Gasteiger partial charge in [0, 0.05) is 0 Å². The summed E-state index contributed by atoms with van der Waals surface area (Å²) in [4.78, 5) is -0.0783. The Hall–Kier alpha value is -1.59. The molecule has 0 aliphatic heterocycles. The van der Waals surface area contributed by atoms with Crippen LogP contribution in [0.25, 0.3) is 0 Å². The Morgan fingerprint density at radius 1 is 1.25 bits per heavy atom. The van der Waals surface area contributed by atoms with Gasteiger partial charge in [0.25, 0.3) is 0 Å². The summed E-state index contributed by atoms with van der Waals surface area (Å²) in [5.74, 6) is -0.673. The van der Waals surface area contributed by atoms with E-state index in [0.29, 0.717) is 11.1 Å². The van der Waals surface area contributed by atoms with Crippen molar-refractivity contribution in [2.24, 2.45) is 0 Å². The van der Waals surface area contributed by atoms with Crippen LogP contribution in [0, 0.1) is 12.7 Å². The highest BCUT2D eigenvalue weighted by atomic mass is 35.5. The number of hydrogen-bond acceptors (Lipinski definition) is 3. The van der Waals surface area contributed by atoms with Gasteiger partial charge in [-0.1, -0.05) is 23.7 Å². The van der Waals surface area contributed by atoms with Crippen LogP contribution in [0.5, 0.6) is 0 Å². The minimum atomic E-state index is -3.69. The van der Waals surface area contributed by atoms with Crippen LogP contribution in [-0.2, 0) is 15.6 Å². The molecule has 0 heterocycles. The number of sulfone groups is 1. The van der Waals surface area contributed by atoms with E-state index in [4.69, 9.17) is 17.3 Å². The minimum Gasteiger partial charge on any atom is -0.398 e. The molecule has 0 aliphatic carbocycles. The molecule has 2 aromatic rings. The van der Waals surface area contributed by atoms with E-state index in [1.165, 1.54) is 30.3 Å². The Balaban J connectivity index is 2.46. The van der Waals surface area contributed by atoms with Gasteiger partial charge >= 0.3 is 0 Å². The minimum absolute atomic E-state index is 0.0783. The Morgan fingerprint density at radius 3 is 2.55 bits per heavy atom. The topological polar surface area (TPSA) is 60.2 Å². The molecule has 0 saturated carbocycles. The predicted molar refractivity (Wildman–Crippen MR) is 77.9 cm³/mol. The Morgan fingerprint density at radius 2 is 1.95 bits per heavy atom. The third-order valence-electron chi connectivity index (χ3n) is 2.96. The molecule has 3 nitrogen and oxygen atoms in total. The lowest BCUT2D eigenvalue weighted by Gasteiger charge is -2.11. The SMILES string of the molecule is Cc1cc(F)ccc1CS(=O)(=O)c1c(N)cccc1Cl. The van der Waals surface area contributed by atoms with Crippen LogP contribution in [0.2, 0.25) is 5.02 Å². The zero-order chi connectivity index (χ0) is 14.9. The van der Waals surface area contributed by atoms with Gasteiger partial charge in [0.2, 0.25) is 0 Å². The van der Waals surface area contributed by atoms with Gasteiger partial charge in [0.1, 0.15) is 10.7 Å². The van der Waals surface area contributed by atoms with Gasteiger partial charge in [0.15, 0.2) is 9.84 Å². The van der Waals surface area contributed by atoms with Gasteiger partial charge in [-0.2, -0.15) is 0 Å². The van der Waals surface area contributed by atoms with E-state index in [0.717, 1.165) is 0 Å². The fourth-order valence-corrected chi connectivity index (χ4v) is 4.16. The van der Waals surface area contributed by atoms with E-state index in [9.17, 15) is 12.8 Å². The average Bonchev–Trinajstić information content (AvgIpc) is 2.32. The van der Waals surface area contributed by atoms with Crippen molar-refractivity contribution in [3.05, 3.63) is 58.4 Å². The molecule has 0 amide bonds. The maximum absolute atomic E-state index is 13.0. The first kappa shape index (κ1) is 14.8. The van der Waals surface area contributed by atoms with Crippen LogP contribution in [0.4, 0.5) is 10.1 Å². The first-order valence-corrected chi connectivity index (χ1v) is 7.86. The zero-order valence-electron chi connectivity index (χ0n) is 10.7. The van der Waals surface area contributed by atoms with E-state index in [-0.39, 0.29) is 21.4 Å². The molecule has 0 radical (unpaired) electrons. The fraction of sp³-hybridized carbons (Fsp3) is 0.143. The Labute approximate surface area is 122 Å². The van der Waals surface area contributed by atoms with Gasteiger partial charge in [-0.25, -0.2) is 12.8 Å². The molecule has 0 aromatic heterocycles. The summed E-state index contributed by atoms with van der Waals surface area (Å²) < 4.78 is 37.9. The van der Waals surface area contributed by atoms with Crippen molar-refractivity contribution in [2.45, 2.75) is 17.6 Å². The van der Waals surface area contributed by atoms with Gasteiger partial charge in [-0.15, -0.1) is 0 Å². The van der Waals surface area contributed by atoms with Gasteiger partial charge < -0.3 is 5.73 Å². The standard InChI is InChI=1S/C14H13ClFNO2S/c1-9-7-11(16)6-5-10(9)8-20(18,19)14-12(15)3-2-4-13(14)17/h2-7H,8,17H2,1H3. The average molecular weight is 314 g/mol. The van der Waals surface area contributed by atoms with Crippen molar-refractivity contribution in [1.82, 2.24) is 0 Å². The largest absolute Gasteiger partial charge is 0.398 e.